The second kappa shape index (κ2) is 5.68. The molecule has 0 aliphatic heterocycles. The fraction of sp³-hybridized carbons (Fsp3) is 0.167. The third kappa shape index (κ3) is 2.89. The van der Waals surface area contributed by atoms with Crippen LogP contribution in [0.3, 0.4) is 0 Å². The fourth-order valence-corrected chi connectivity index (χ4v) is 1.89. The number of aromatic nitrogens is 2. The summed E-state index contributed by atoms with van der Waals surface area (Å²) in [4.78, 5) is 18.9. The molecule has 0 fully saturated rings. The highest BCUT2D eigenvalue weighted by atomic mass is 79.9. The molecule has 0 bridgehead atoms. The molecule has 0 saturated heterocycles. The Morgan fingerprint density at radius 3 is 3.06 bits per heavy atom. The van der Waals surface area contributed by atoms with Crippen LogP contribution in [0.4, 0.5) is 0 Å². The number of halogens is 1. The molecule has 94 valence electrons. The third-order valence-electron chi connectivity index (χ3n) is 2.39. The SMILES string of the molecule is COc1ccc(Br)c(C(=O)NCc2ncc[nH]2)c1. The topological polar surface area (TPSA) is 67.0 Å². The first-order valence-corrected chi connectivity index (χ1v) is 6.10. The van der Waals surface area contributed by atoms with E-state index in [1.165, 1.54) is 0 Å². The van der Waals surface area contributed by atoms with Gasteiger partial charge in [-0.2, -0.15) is 0 Å². The van der Waals surface area contributed by atoms with Crippen molar-refractivity contribution in [3.05, 3.63) is 46.5 Å². The molecule has 2 aromatic rings. The van der Waals surface area contributed by atoms with E-state index in [1.54, 1.807) is 37.7 Å². The van der Waals surface area contributed by atoms with Crippen LogP contribution in [0.25, 0.3) is 0 Å². The van der Waals surface area contributed by atoms with E-state index < -0.39 is 0 Å². The van der Waals surface area contributed by atoms with Gasteiger partial charge in [0.1, 0.15) is 11.6 Å². The zero-order valence-electron chi connectivity index (χ0n) is 9.74. The zero-order valence-corrected chi connectivity index (χ0v) is 11.3. The van der Waals surface area contributed by atoms with Crippen LogP contribution in [0.1, 0.15) is 16.2 Å². The number of nitrogens with one attached hydrogen (secondary N) is 2. The number of imidazole rings is 1. The van der Waals surface area contributed by atoms with Crippen molar-refractivity contribution < 1.29 is 9.53 Å². The van der Waals surface area contributed by atoms with E-state index in [2.05, 4.69) is 31.2 Å². The first-order chi connectivity index (χ1) is 8.70. The zero-order chi connectivity index (χ0) is 13.0. The molecule has 2 N–H and O–H groups in total. The minimum absolute atomic E-state index is 0.183. The number of hydrogen-bond donors (Lipinski definition) is 2. The summed E-state index contributed by atoms with van der Waals surface area (Å²) >= 11 is 3.34. The van der Waals surface area contributed by atoms with Gasteiger partial charge < -0.3 is 15.0 Å². The van der Waals surface area contributed by atoms with E-state index in [9.17, 15) is 4.79 Å². The van der Waals surface area contributed by atoms with Crippen molar-refractivity contribution in [3.63, 3.8) is 0 Å². The van der Waals surface area contributed by atoms with E-state index in [4.69, 9.17) is 4.74 Å². The van der Waals surface area contributed by atoms with Crippen molar-refractivity contribution in [2.75, 3.05) is 7.11 Å². The lowest BCUT2D eigenvalue weighted by molar-refractivity contribution is 0.0949. The summed E-state index contributed by atoms with van der Waals surface area (Å²) in [6.07, 6.45) is 3.35. The largest absolute Gasteiger partial charge is 0.497 e. The standard InChI is InChI=1S/C12H12BrN3O2/c1-18-8-2-3-10(13)9(6-8)12(17)16-7-11-14-4-5-15-11/h2-6H,7H2,1H3,(H,14,15)(H,16,17). The highest BCUT2D eigenvalue weighted by Crippen LogP contribution is 2.22. The van der Waals surface area contributed by atoms with Gasteiger partial charge in [-0.15, -0.1) is 0 Å². The summed E-state index contributed by atoms with van der Waals surface area (Å²) in [7, 11) is 1.56. The Labute approximate surface area is 113 Å². The van der Waals surface area contributed by atoms with Crippen molar-refractivity contribution in [1.29, 1.82) is 0 Å². The number of aromatic amines is 1. The summed E-state index contributed by atoms with van der Waals surface area (Å²) in [5.74, 6) is 1.17. The maximum absolute atomic E-state index is 12.0. The molecule has 0 saturated carbocycles. The smallest absolute Gasteiger partial charge is 0.252 e. The summed E-state index contributed by atoms with van der Waals surface area (Å²) < 4.78 is 5.81. The number of ether oxygens (including phenoxy) is 1. The van der Waals surface area contributed by atoms with Crippen LogP contribution in [0.15, 0.2) is 35.1 Å². The Morgan fingerprint density at radius 2 is 2.39 bits per heavy atom. The molecule has 6 heteroatoms. The lowest BCUT2D eigenvalue weighted by Crippen LogP contribution is -2.23. The first-order valence-electron chi connectivity index (χ1n) is 5.30. The van der Waals surface area contributed by atoms with Gasteiger partial charge in [0.05, 0.1) is 19.2 Å². The molecule has 0 spiro atoms. The van der Waals surface area contributed by atoms with Crippen LogP contribution in [0, 0.1) is 0 Å². The molecular formula is C12H12BrN3O2. The average molecular weight is 310 g/mol. The third-order valence-corrected chi connectivity index (χ3v) is 3.08. The number of hydrogen-bond acceptors (Lipinski definition) is 3. The molecule has 0 aliphatic rings. The number of carbonyl (C=O) groups is 1. The quantitative estimate of drug-likeness (QED) is 0.909. The predicted molar refractivity (Wildman–Crippen MR) is 70.5 cm³/mol. The second-order valence-electron chi connectivity index (χ2n) is 3.56. The number of rotatable bonds is 4. The summed E-state index contributed by atoms with van der Waals surface area (Å²) in [6.45, 7) is 0.357. The number of amides is 1. The van der Waals surface area contributed by atoms with Crippen LogP contribution in [0.2, 0.25) is 0 Å². The molecule has 18 heavy (non-hydrogen) atoms. The van der Waals surface area contributed by atoms with Crippen molar-refractivity contribution in [1.82, 2.24) is 15.3 Å². The normalized spacial score (nSPS) is 10.1. The molecule has 0 unspecified atom stereocenters. The van der Waals surface area contributed by atoms with E-state index in [0.29, 0.717) is 23.7 Å². The fourth-order valence-electron chi connectivity index (χ4n) is 1.46. The monoisotopic (exact) mass is 309 g/mol. The Morgan fingerprint density at radius 1 is 1.56 bits per heavy atom. The number of nitrogens with zero attached hydrogens (tertiary/aromatic N) is 1. The maximum Gasteiger partial charge on any atom is 0.252 e. The highest BCUT2D eigenvalue weighted by molar-refractivity contribution is 9.10. The van der Waals surface area contributed by atoms with Gasteiger partial charge in [0.2, 0.25) is 0 Å². The van der Waals surface area contributed by atoms with Crippen LogP contribution >= 0.6 is 15.9 Å². The van der Waals surface area contributed by atoms with E-state index in [0.717, 1.165) is 4.47 Å². The van der Waals surface area contributed by atoms with Gasteiger partial charge in [0.15, 0.2) is 0 Å². The Balaban J connectivity index is 2.08. The van der Waals surface area contributed by atoms with Crippen LogP contribution in [-0.2, 0) is 6.54 Å². The van der Waals surface area contributed by atoms with Crippen molar-refractivity contribution in [2.45, 2.75) is 6.54 Å². The molecule has 1 aromatic carbocycles. The Bertz CT molecular complexity index is 540. The van der Waals surface area contributed by atoms with Gasteiger partial charge in [-0.3, -0.25) is 4.79 Å². The molecular weight excluding hydrogens is 298 g/mol. The van der Waals surface area contributed by atoms with E-state index in [-0.39, 0.29) is 5.91 Å². The van der Waals surface area contributed by atoms with Crippen molar-refractivity contribution in [3.8, 4) is 5.75 Å². The minimum atomic E-state index is -0.183. The average Bonchev–Trinajstić information content (AvgIpc) is 2.89. The second-order valence-corrected chi connectivity index (χ2v) is 4.42. The number of methoxy groups -OCH3 is 1. The van der Waals surface area contributed by atoms with Gasteiger partial charge >= 0.3 is 0 Å². The number of H-pyrrole nitrogens is 1. The molecule has 5 nitrogen and oxygen atoms in total. The van der Waals surface area contributed by atoms with Crippen LogP contribution < -0.4 is 10.1 Å². The lowest BCUT2D eigenvalue weighted by atomic mass is 10.2. The maximum atomic E-state index is 12.0. The molecule has 1 aromatic heterocycles. The van der Waals surface area contributed by atoms with E-state index >= 15 is 0 Å². The number of carbonyl (C=O) groups excluding carboxylic acids is 1. The lowest BCUT2D eigenvalue weighted by Gasteiger charge is -2.07. The van der Waals surface area contributed by atoms with E-state index in [1.807, 2.05) is 0 Å². The molecule has 2 rings (SSSR count). The Hall–Kier alpha value is -1.82. The summed E-state index contributed by atoms with van der Waals surface area (Å²) in [6, 6.07) is 5.25. The van der Waals surface area contributed by atoms with Crippen LogP contribution in [0.5, 0.6) is 5.75 Å². The predicted octanol–water partition coefficient (Wildman–Crippen LogP) is 2.11. The van der Waals surface area contributed by atoms with Gasteiger partial charge in [-0.1, -0.05) is 0 Å². The van der Waals surface area contributed by atoms with Gasteiger partial charge in [-0.25, -0.2) is 4.98 Å². The molecule has 1 amide bonds. The number of benzene rings is 1. The molecule has 0 atom stereocenters. The first kappa shape index (κ1) is 12.6. The van der Waals surface area contributed by atoms with Gasteiger partial charge in [0, 0.05) is 16.9 Å². The van der Waals surface area contributed by atoms with Crippen LogP contribution in [-0.4, -0.2) is 23.0 Å². The minimum Gasteiger partial charge on any atom is -0.497 e. The molecule has 0 aliphatic carbocycles. The Kier molecular flexibility index (Phi) is 3.99. The highest BCUT2D eigenvalue weighted by Gasteiger charge is 2.11. The van der Waals surface area contributed by atoms with Crippen molar-refractivity contribution in [2.24, 2.45) is 0 Å². The molecule has 0 radical (unpaired) electrons. The van der Waals surface area contributed by atoms with Gasteiger partial charge in [0.25, 0.3) is 5.91 Å². The van der Waals surface area contributed by atoms with Gasteiger partial charge in [-0.05, 0) is 34.1 Å². The molecule has 1 heterocycles. The summed E-state index contributed by atoms with van der Waals surface area (Å²) in [5.41, 5.74) is 0.529. The summed E-state index contributed by atoms with van der Waals surface area (Å²) in [5, 5.41) is 2.78. The van der Waals surface area contributed by atoms with Crippen molar-refractivity contribution >= 4 is 21.8 Å².